The predicted octanol–water partition coefficient (Wildman–Crippen LogP) is 1.90. The van der Waals surface area contributed by atoms with Crippen LogP contribution in [0.25, 0.3) is 0 Å². The maximum Gasteiger partial charge on any atom is 0.293 e. The molecule has 0 aromatic rings. The number of fused-ring (bicyclic) bond motifs is 1. The topological polar surface area (TPSA) is 35.5 Å². The summed E-state index contributed by atoms with van der Waals surface area (Å²) in [4.78, 5) is 10.3. The summed E-state index contributed by atoms with van der Waals surface area (Å²) in [5.41, 5.74) is 0. The van der Waals surface area contributed by atoms with Gasteiger partial charge < -0.3 is 9.47 Å². The Hall–Kier alpha value is -0.570. The van der Waals surface area contributed by atoms with E-state index in [1.54, 1.807) is 0 Å². The molecule has 1 saturated heterocycles. The van der Waals surface area contributed by atoms with Crippen molar-refractivity contribution in [1.82, 2.24) is 0 Å². The Kier molecular flexibility index (Phi) is 3.06. The van der Waals surface area contributed by atoms with Crippen LogP contribution in [0.15, 0.2) is 0 Å². The molecule has 2 rings (SSSR count). The number of carbonyl (C=O) groups is 1. The van der Waals surface area contributed by atoms with Gasteiger partial charge in [-0.15, -0.1) is 0 Å². The number of ether oxygens (including phenoxy) is 2. The molecule has 1 aliphatic carbocycles. The lowest BCUT2D eigenvalue weighted by Crippen LogP contribution is -2.45. The SMILES string of the molecule is C[C@@H]1O[C@@H]2CCCC[C@H]2CC1OC=O. The first-order valence-electron chi connectivity index (χ1n) is 5.56. The fourth-order valence-electron chi connectivity index (χ4n) is 2.71. The van der Waals surface area contributed by atoms with E-state index < -0.39 is 0 Å². The zero-order chi connectivity index (χ0) is 9.97. The van der Waals surface area contributed by atoms with Gasteiger partial charge in [0.05, 0.1) is 12.2 Å². The van der Waals surface area contributed by atoms with Gasteiger partial charge in [0.15, 0.2) is 0 Å². The zero-order valence-corrected chi connectivity index (χ0v) is 8.65. The van der Waals surface area contributed by atoms with Crippen LogP contribution in [0.5, 0.6) is 0 Å². The average Bonchev–Trinajstić information content (AvgIpc) is 2.19. The normalized spacial score (nSPS) is 42.6. The first-order valence-corrected chi connectivity index (χ1v) is 5.56. The van der Waals surface area contributed by atoms with Gasteiger partial charge in [-0.1, -0.05) is 12.8 Å². The van der Waals surface area contributed by atoms with E-state index in [4.69, 9.17) is 9.47 Å². The van der Waals surface area contributed by atoms with Crippen LogP contribution in [-0.4, -0.2) is 24.8 Å². The van der Waals surface area contributed by atoms with Crippen molar-refractivity contribution in [3.63, 3.8) is 0 Å². The highest BCUT2D eigenvalue weighted by atomic mass is 16.6. The van der Waals surface area contributed by atoms with Gasteiger partial charge in [-0.05, 0) is 32.1 Å². The second-order valence-electron chi connectivity index (χ2n) is 4.43. The number of carbonyl (C=O) groups excluding carboxylic acids is 1. The van der Waals surface area contributed by atoms with E-state index in [-0.39, 0.29) is 12.2 Å². The molecule has 1 unspecified atom stereocenters. The van der Waals surface area contributed by atoms with E-state index in [9.17, 15) is 4.79 Å². The minimum absolute atomic E-state index is 0.0214. The van der Waals surface area contributed by atoms with Gasteiger partial charge in [-0.3, -0.25) is 4.79 Å². The molecule has 0 amide bonds. The molecule has 0 spiro atoms. The number of hydrogen-bond acceptors (Lipinski definition) is 3. The van der Waals surface area contributed by atoms with Gasteiger partial charge in [0.1, 0.15) is 6.10 Å². The molecule has 1 heterocycles. The van der Waals surface area contributed by atoms with Gasteiger partial charge >= 0.3 is 0 Å². The second-order valence-corrected chi connectivity index (χ2v) is 4.43. The third kappa shape index (κ3) is 1.92. The molecule has 0 aromatic carbocycles. The quantitative estimate of drug-likeness (QED) is 0.636. The van der Waals surface area contributed by atoms with Crippen LogP contribution in [0.2, 0.25) is 0 Å². The lowest BCUT2D eigenvalue weighted by atomic mass is 9.80. The summed E-state index contributed by atoms with van der Waals surface area (Å²) in [5, 5.41) is 0. The maximum absolute atomic E-state index is 10.3. The maximum atomic E-state index is 10.3. The van der Waals surface area contributed by atoms with Crippen molar-refractivity contribution in [2.75, 3.05) is 0 Å². The van der Waals surface area contributed by atoms with Gasteiger partial charge in [0, 0.05) is 0 Å². The standard InChI is InChI=1S/C11H18O3/c1-8-11(13-7-12)6-9-4-2-3-5-10(9)14-8/h7-11H,2-6H2,1H3/t8-,9-,10+,11?/m0/s1. The summed E-state index contributed by atoms with van der Waals surface area (Å²) in [5.74, 6) is 0.616. The summed E-state index contributed by atoms with van der Waals surface area (Å²) >= 11 is 0. The van der Waals surface area contributed by atoms with Gasteiger partial charge in [-0.2, -0.15) is 0 Å². The summed E-state index contributed by atoms with van der Waals surface area (Å²) in [6.45, 7) is 2.55. The molecule has 2 fully saturated rings. The van der Waals surface area contributed by atoms with Gasteiger partial charge in [-0.25, -0.2) is 0 Å². The van der Waals surface area contributed by atoms with E-state index >= 15 is 0 Å². The second kappa shape index (κ2) is 4.30. The van der Waals surface area contributed by atoms with Crippen LogP contribution in [0.1, 0.15) is 39.0 Å². The highest BCUT2D eigenvalue weighted by molar-refractivity contribution is 5.37. The molecule has 1 aliphatic heterocycles. The zero-order valence-electron chi connectivity index (χ0n) is 8.65. The Balaban J connectivity index is 1.95. The predicted molar refractivity (Wildman–Crippen MR) is 51.8 cm³/mol. The fraction of sp³-hybridized carbons (Fsp3) is 0.909. The van der Waals surface area contributed by atoms with Gasteiger partial charge in [0.25, 0.3) is 6.47 Å². The van der Waals surface area contributed by atoms with Crippen LogP contribution in [-0.2, 0) is 14.3 Å². The summed E-state index contributed by atoms with van der Waals surface area (Å²) in [6.07, 6.45) is 6.46. The monoisotopic (exact) mass is 198 g/mol. The first kappa shape index (κ1) is 9.97. The largest absolute Gasteiger partial charge is 0.462 e. The third-order valence-electron chi connectivity index (χ3n) is 3.52. The van der Waals surface area contributed by atoms with Crippen LogP contribution in [0, 0.1) is 5.92 Å². The van der Waals surface area contributed by atoms with Crippen LogP contribution < -0.4 is 0 Å². The highest BCUT2D eigenvalue weighted by Crippen LogP contribution is 2.36. The van der Waals surface area contributed by atoms with Crippen molar-refractivity contribution >= 4 is 6.47 Å². The molecule has 2 aliphatic rings. The van der Waals surface area contributed by atoms with Crippen molar-refractivity contribution < 1.29 is 14.3 Å². The Bertz CT molecular complexity index is 205. The first-order chi connectivity index (χ1) is 6.81. The van der Waals surface area contributed by atoms with Crippen molar-refractivity contribution in [2.24, 2.45) is 5.92 Å². The summed E-state index contributed by atoms with van der Waals surface area (Å²) < 4.78 is 10.9. The van der Waals surface area contributed by atoms with Crippen LogP contribution >= 0.6 is 0 Å². The smallest absolute Gasteiger partial charge is 0.293 e. The van der Waals surface area contributed by atoms with Crippen molar-refractivity contribution in [3.8, 4) is 0 Å². The number of hydrogen-bond donors (Lipinski definition) is 0. The van der Waals surface area contributed by atoms with Crippen molar-refractivity contribution in [3.05, 3.63) is 0 Å². The molecule has 0 radical (unpaired) electrons. The molecule has 1 saturated carbocycles. The Morgan fingerprint density at radius 1 is 1.36 bits per heavy atom. The fourth-order valence-corrected chi connectivity index (χ4v) is 2.71. The van der Waals surface area contributed by atoms with Crippen LogP contribution in [0.3, 0.4) is 0 Å². The lowest BCUT2D eigenvalue weighted by molar-refractivity contribution is -0.172. The Labute approximate surface area is 84.8 Å². The van der Waals surface area contributed by atoms with E-state index in [2.05, 4.69) is 0 Å². The third-order valence-corrected chi connectivity index (χ3v) is 3.52. The lowest BCUT2D eigenvalue weighted by Gasteiger charge is -2.41. The van der Waals surface area contributed by atoms with Gasteiger partial charge in [0.2, 0.25) is 0 Å². The average molecular weight is 198 g/mol. The molecular weight excluding hydrogens is 180 g/mol. The number of rotatable bonds is 2. The van der Waals surface area contributed by atoms with E-state index in [0.717, 1.165) is 6.42 Å². The van der Waals surface area contributed by atoms with Crippen molar-refractivity contribution in [2.45, 2.75) is 57.3 Å². The molecule has 3 nitrogen and oxygen atoms in total. The van der Waals surface area contributed by atoms with E-state index in [0.29, 0.717) is 18.5 Å². The minimum Gasteiger partial charge on any atom is -0.462 e. The van der Waals surface area contributed by atoms with E-state index in [1.807, 2.05) is 6.92 Å². The molecule has 0 aromatic heterocycles. The van der Waals surface area contributed by atoms with Crippen molar-refractivity contribution in [1.29, 1.82) is 0 Å². The summed E-state index contributed by atoms with van der Waals surface area (Å²) in [6, 6.07) is 0. The van der Waals surface area contributed by atoms with Crippen LogP contribution in [0.4, 0.5) is 0 Å². The highest BCUT2D eigenvalue weighted by Gasteiger charge is 2.37. The minimum atomic E-state index is -0.0214. The Morgan fingerprint density at radius 3 is 2.93 bits per heavy atom. The molecule has 80 valence electrons. The molecule has 3 heteroatoms. The molecule has 0 bridgehead atoms. The molecule has 0 N–H and O–H groups in total. The Morgan fingerprint density at radius 2 is 2.14 bits per heavy atom. The molecular formula is C11H18O3. The molecule has 14 heavy (non-hydrogen) atoms. The summed E-state index contributed by atoms with van der Waals surface area (Å²) in [7, 11) is 0. The molecule has 4 atom stereocenters. The van der Waals surface area contributed by atoms with E-state index in [1.165, 1.54) is 25.7 Å².